The fraction of sp³-hybridized carbons (Fsp3) is 0.278. The maximum Gasteiger partial charge on any atom is 0.322 e. The van der Waals surface area contributed by atoms with Crippen LogP contribution in [-0.2, 0) is 17.2 Å². The second-order valence-corrected chi connectivity index (χ2v) is 7.13. The maximum atomic E-state index is 12.7. The van der Waals surface area contributed by atoms with Crippen molar-refractivity contribution in [3.63, 3.8) is 0 Å². The number of hydrogen-bond donors (Lipinski definition) is 2. The number of nitrogens with zero attached hydrogens (tertiary/aromatic N) is 1. The van der Waals surface area contributed by atoms with Gasteiger partial charge in [0.25, 0.3) is 0 Å². The molecule has 0 unspecified atom stereocenters. The zero-order chi connectivity index (χ0) is 17.1. The Morgan fingerprint density at radius 2 is 2.08 bits per heavy atom. The van der Waals surface area contributed by atoms with E-state index < -0.39 is 10.8 Å². The highest BCUT2D eigenvalue weighted by molar-refractivity contribution is 7.84. The standard InChI is InChI=1S/C18H20N2O3S/c1-24(23)15-7-4-6-14(11-15)19-18(22)20-10-9-13-5-2-3-8-16(13)17(20)12-21/h2-8,11,17,21H,9-10,12H2,1H3,(H,19,22)/t17-,24+/m1/s1. The predicted molar refractivity (Wildman–Crippen MR) is 94.5 cm³/mol. The Morgan fingerprint density at radius 1 is 1.29 bits per heavy atom. The highest BCUT2D eigenvalue weighted by Gasteiger charge is 2.30. The van der Waals surface area contributed by atoms with Crippen LogP contribution in [0.1, 0.15) is 17.2 Å². The van der Waals surface area contributed by atoms with Gasteiger partial charge in [-0.05, 0) is 35.7 Å². The van der Waals surface area contributed by atoms with Crippen LogP contribution >= 0.6 is 0 Å². The van der Waals surface area contributed by atoms with E-state index in [1.807, 2.05) is 24.3 Å². The van der Waals surface area contributed by atoms with Crippen LogP contribution in [0.3, 0.4) is 0 Å². The number of carbonyl (C=O) groups excluding carboxylic acids is 1. The smallest absolute Gasteiger partial charge is 0.322 e. The van der Waals surface area contributed by atoms with Crippen LogP contribution in [0.4, 0.5) is 10.5 Å². The number of hydrogen-bond acceptors (Lipinski definition) is 3. The van der Waals surface area contributed by atoms with E-state index >= 15 is 0 Å². The van der Waals surface area contributed by atoms with E-state index in [0.29, 0.717) is 17.1 Å². The monoisotopic (exact) mass is 344 g/mol. The lowest BCUT2D eigenvalue weighted by Crippen LogP contribution is -2.43. The maximum absolute atomic E-state index is 12.7. The summed E-state index contributed by atoms with van der Waals surface area (Å²) < 4.78 is 11.6. The number of urea groups is 1. The molecule has 0 aromatic heterocycles. The summed E-state index contributed by atoms with van der Waals surface area (Å²) in [4.78, 5) is 15.0. The molecular formula is C18H20N2O3S. The van der Waals surface area contributed by atoms with Crippen molar-refractivity contribution in [3.8, 4) is 0 Å². The van der Waals surface area contributed by atoms with Crippen LogP contribution in [-0.4, -0.2) is 39.7 Å². The average Bonchev–Trinajstić information content (AvgIpc) is 2.60. The molecule has 0 spiro atoms. The van der Waals surface area contributed by atoms with Gasteiger partial charge in [-0.25, -0.2) is 4.79 Å². The zero-order valence-electron chi connectivity index (χ0n) is 13.4. The van der Waals surface area contributed by atoms with E-state index in [0.717, 1.165) is 12.0 Å². The number of aliphatic hydroxyl groups is 1. The molecule has 2 atom stereocenters. The second kappa shape index (κ2) is 7.15. The molecule has 5 nitrogen and oxygen atoms in total. The molecule has 2 aromatic rings. The van der Waals surface area contributed by atoms with Crippen molar-refractivity contribution < 1.29 is 14.1 Å². The highest BCUT2D eigenvalue weighted by atomic mass is 32.2. The summed E-state index contributed by atoms with van der Waals surface area (Å²) in [7, 11) is -1.10. The second-order valence-electron chi connectivity index (χ2n) is 5.75. The molecule has 1 heterocycles. The summed E-state index contributed by atoms with van der Waals surface area (Å²) in [5.41, 5.74) is 2.76. The minimum atomic E-state index is -1.10. The van der Waals surface area contributed by atoms with Gasteiger partial charge in [0.1, 0.15) is 0 Å². The van der Waals surface area contributed by atoms with Crippen molar-refractivity contribution in [2.24, 2.45) is 0 Å². The van der Waals surface area contributed by atoms with Gasteiger partial charge in [-0.1, -0.05) is 30.3 Å². The Balaban J connectivity index is 1.80. The van der Waals surface area contributed by atoms with E-state index in [9.17, 15) is 14.1 Å². The fourth-order valence-corrected chi connectivity index (χ4v) is 3.60. The molecule has 2 amide bonds. The SMILES string of the molecule is C[S@](=O)c1cccc(NC(=O)N2CCc3ccccc3[C@H]2CO)c1. The van der Waals surface area contributed by atoms with Crippen LogP contribution in [0.25, 0.3) is 0 Å². The van der Waals surface area contributed by atoms with Crippen molar-refractivity contribution in [2.75, 3.05) is 24.7 Å². The molecule has 0 radical (unpaired) electrons. The minimum absolute atomic E-state index is 0.122. The van der Waals surface area contributed by atoms with Gasteiger partial charge in [-0.3, -0.25) is 4.21 Å². The fourth-order valence-electron chi connectivity index (χ4n) is 3.04. The lowest BCUT2D eigenvalue weighted by Gasteiger charge is -2.36. The lowest BCUT2D eigenvalue weighted by molar-refractivity contribution is 0.135. The molecule has 0 saturated heterocycles. The first kappa shape index (κ1) is 16.7. The molecule has 126 valence electrons. The molecule has 1 aliphatic heterocycles. The van der Waals surface area contributed by atoms with Crippen molar-refractivity contribution in [3.05, 3.63) is 59.7 Å². The van der Waals surface area contributed by atoms with Gasteiger partial charge in [0.2, 0.25) is 0 Å². The van der Waals surface area contributed by atoms with E-state index in [2.05, 4.69) is 5.32 Å². The van der Waals surface area contributed by atoms with Crippen molar-refractivity contribution >= 4 is 22.5 Å². The van der Waals surface area contributed by atoms with E-state index in [-0.39, 0.29) is 18.7 Å². The largest absolute Gasteiger partial charge is 0.394 e. The van der Waals surface area contributed by atoms with E-state index in [1.54, 1.807) is 35.4 Å². The molecular weight excluding hydrogens is 324 g/mol. The number of amides is 2. The number of rotatable bonds is 3. The number of aliphatic hydroxyl groups excluding tert-OH is 1. The van der Waals surface area contributed by atoms with Crippen LogP contribution in [0.15, 0.2) is 53.4 Å². The Kier molecular flexibility index (Phi) is 4.97. The van der Waals surface area contributed by atoms with Crippen molar-refractivity contribution in [1.29, 1.82) is 0 Å². The van der Waals surface area contributed by atoms with Crippen LogP contribution < -0.4 is 5.32 Å². The Morgan fingerprint density at radius 3 is 2.83 bits per heavy atom. The number of anilines is 1. The topological polar surface area (TPSA) is 69.6 Å². The zero-order valence-corrected chi connectivity index (χ0v) is 14.3. The summed E-state index contributed by atoms with van der Waals surface area (Å²) in [6, 6.07) is 14.3. The van der Waals surface area contributed by atoms with Gasteiger partial charge in [0, 0.05) is 34.2 Å². The van der Waals surface area contributed by atoms with Gasteiger partial charge in [0.05, 0.1) is 12.6 Å². The van der Waals surface area contributed by atoms with Crippen LogP contribution in [0, 0.1) is 0 Å². The molecule has 3 rings (SSSR count). The molecule has 24 heavy (non-hydrogen) atoms. The number of carbonyl (C=O) groups is 1. The van der Waals surface area contributed by atoms with Gasteiger partial charge in [-0.15, -0.1) is 0 Å². The van der Waals surface area contributed by atoms with Gasteiger partial charge in [0.15, 0.2) is 0 Å². The predicted octanol–water partition coefficient (Wildman–Crippen LogP) is 2.55. The van der Waals surface area contributed by atoms with Crippen LogP contribution in [0.5, 0.6) is 0 Å². The first-order chi connectivity index (χ1) is 11.6. The molecule has 6 heteroatoms. The third-order valence-electron chi connectivity index (χ3n) is 4.26. The molecule has 2 aromatic carbocycles. The Labute approximate surface area is 143 Å². The number of nitrogens with one attached hydrogen (secondary N) is 1. The highest BCUT2D eigenvalue weighted by Crippen LogP contribution is 2.29. The third kappa shape index (κ3) is 3.34. The molecule has 1 aliphatic rings. The number of fused-ring (bicyclic) bond motifs is 1. The van der Waals surface area contributed by atoms with Crippen molar-refractivity contribution in [1.82, 2.24) is 4.90 Å². The van der Waals surface area contributed by atoms with E-state index in [4.69, 9.17) is 0 Å². The average molecular weight is 344 g/mol. The minimum Gasteiger partial charge on any atom is -0.394 e. The quantitative estimate of drug-likeness (QED) is 0.899. The van der Waals surface area contributed by atoms with Gasteiger partial charge >= 0.3 is 6.03 Å². The van der Waals surface area contributed by atoms with Gasteiger partial charge in [-0.2, -0.15) is 0 Å². The lowest BCUT2D eigenvalue weighted by atomic mass is 9.93. The first-order valence-corrected chi connectivity index (χ1v) is 9.35. The Bertz CT molecular complexity index is 778. The molecule has 0 bridgehead atoms. The van der Waals surface area contributed by atoms with E-state index in [1.165, 1.54) is 5.56 Å². The summed E-state index contributed by atoms with van der Waals surface area (Å²) in [5, 5.41) is 12.6. The third-order valence-corrected chi connectivity index (χ3v) is 5.18. The Hall–Kier alpha value is -2.18. The molecule has 0 fully saturated rings. The summed E-state index contributed by atoms with van der Waals surface area (Å²) in [6.07, 6.45) is 2.36. The normalized spacial score (nSPS) is 17.9. The first-order valence-electron chi connectivity index (χ1n) is 7.80. The van der Waals surface area contributed by atoms with Gasteiger partial charge < -0.3 is 15.3 Å². The molecule has 2 N–H and O–H groups in total. The molecule has 0 saturated carbocycles. The summed E-state index contributed by atoms with van der Waals surface area (Å²) in [6.45, 7) is 0.428. The summed E-state index contributed by atoms with van der Waals surface area (Å²) in [5.74, 6) is 0. The van der Waals surface area contributed by atoms with Crippen LogP contribution in [0.2, 0.25) is 0 Å². The molecule has 0 aliphatic carbocycles. The summed E-state index contributed by atoms with van der Waals surface area (Å²) >= 11 is 0. The van der Waals surface area contributed by atoms with Crippen molar-refractivity contribution in [2.45, 2.75) is 17.4 Å². The number of benzene rings is 2.